The van der Waals surface area contributed by atoms with Crippen LogP contribution in [0.5, 0.6) is 0 Å². The average molecular weight is 309 g/mol. The van der Waals surface area contributed by atoms with Gasteiger partial charge in [0.15, 0.2) is 0 Å². The van der Waals surface area contributed by atoms with Crippen LogP contribution in [-0.4, -0.2) is 82.8 Å². The Labute approximate surface area is 122 Å². The van der Waals surface area contributed by atoms with Gasteiger partial charge in [0.05, 0.1) is 13.2 Å². The maximum absolute atomic E-state index is 12.1. The highest BCUT2D eigenvalue weighted by Crippen LogP contribution is 2.17. The Balaban J connectivity index is 2.24. The fourth-order valence-corrected chi connectivity index (χ4v) is 3.38. The second-order valence-electron chi connectivity index (χ2n) is 5.36. The van der Waals surface area contributed by atoms with Gasteiger partial charge in [-0.1, -0.05) is 0 Å². The summed E-state index contributed by atoms with van der Waals surface area (Å²) in [6.45, 7) is 3.00. The second kappa shape index (κ2) is 8.91. The van der Waals surface area contributed by atoms with Crippen molar-refractivity contribution in [2.75, 3.05) is 60.1 Å². The topological polar surface area (TPSA) is 82.1 Å². The fraction of sp³-hybridized carbons (Fsp3) is 1.00. The van der Waals surface area contributed by atoms with Crippen LogP contribution in [0.1, 0.15) is 12.8 Å². The summed E-state index contributed by atoms with van der Waals surface area (Å²) in [7, 11) is 0.469. The molecule has 1 atom stereocenters. The second-order valence-corrected chi connectivity index (χ2v) is 7.12. The Morgan fingerprint density at radius 3 is 2.80 bits per heavy atom. The number of aliphatic hydroxyl groups excluding tert-OH is 1. The number of rotatable bonds is 9. The minimum absolute atomic E-state index is 0.0413. The largest absolute Gasteiger partial charge is 0.396 e. The predicted octanol–water partition coefficient (Wildman–Crippen LogP) is -0.897. The first-order valence-corrected chi connectivity index (χ1v) is 8.48. The molecule has 2 N–H and O–H groups in total. The molecule has 0 bridgehead atoms. The van der Waals surface area contributed by atoms with Crippen LogP contribution >= 0.6 is 0 Å². The number of aliphatic hydroxyl groups is 1. The average Bonchev–Trinajstić information content (AvgIpc) is 2.42. The van der Waals surface area contributed by atoms with E-state index in [9.17, 15) is 8.42 Å². The summed E-state index contributed by atoms with van der Waals surface area (Å²) in [5.41, 5.74) is 0. The Morgan fingerprint density at radius 2 is 2.15 bits per heavy atom. The Bertz CT molecular complexity index is 362. The number of nitrogens with one attached hydrogen (secondary N) is 1. The third-order valence-corrected chi connectivity index (χ3v) is 4.87. The molecule has 7 nitrogen and oxygen atoms in total. The van der Waals surface area contributed by atoms with E-state index in [1.165, 1.54) is 4.31 Å². The van der Waals surface area contributed by atoms with Crippen LogP contribution in [0.4, 0.5) is 0 Å². The van der Waals surface area contributed by atoms with E-state index in [4.69, 9.17) is 9.84 Å². The maximum Gasteiger partial charge on any atom is 0.279 e. The lowest BCUT2D eigenvalue weighted by molar-refractivity contribution is 0.121. The van der Waals surface area contributed by atoms with Gasteiger partial charge in [-0.2, -0.15) is 17.4 Å². The first kappa shape index (κ1) is 17.8. The number of hydrogen-bond acceptors (Lipinski definition) is 5. The quantitative estimate of drug-likeness (QED) is 0.540. The predicted molar refractivity (Wildman–Crippen MR) is 77.7 cm³/mol. The van der Waals surface area contributed by atoms with Crippen molar-refractivity contribution in [1.29, 1.82) is 0 Å². The van der Waals surface area contributed by atoms with Crippen LogP contribution in [0.25, 0.3) is 0 Å². The first-order chi connectivity index (χ1) is 9.45. The molecule has 1 rings (SSSR count). The minimum Gasteiger partial charge on any atom is -0.396 e. The minimum atomic E-state index is -3.45. The van der Waals surface area contributed by atoms with Crippen LogP contribution in [-0.2, 0) is 14.9 Å². The van der Waals surface area contributed by atoms with Crippen LogP contribution < -0.4 is 4.72 Å². The molecule has 1 heterocycles. The van der Waals surface area contributed by atoms with Crippen molar-refractivity contribution in [1.82, 2.24) is 13.9 Å². The van der Waals surface area contributed by atoms with Gasteiger partial charge in [-0.25, -0.2) is 0 Å². The molecule has 20 heavy (non-hydrogen) atoms. The molecule has 0 saturated carbocycles. The van der Waals surface area contributed by atoms with Crippen molar-refractivity contribution in [2.24, 2.45) is 5.92 Å². The summed E-state index contributed by atoms with van der Waals surface area (Å²) >= 11 is 0. The van der Waals surface area contributed by atoms with Gasteiger partial charge < -0.3 is 14.7 Å². The molecule has 0 aromatic heterocycles. The maximum atomic E-state index is 12.1. The highest BCUT2D eigenvalue weighted by molar-refractivity contribution is 7.87. The van der Waals surface area contributed by atoms with Crippen LogP contribution in [0.2, 0.25) is 0 Å². The normalized spacial score (nSPS) is 21.5. The smallest absolute Gasteiger partial charge is 0.279 e. The molecule has 0 aliphatic carbocycles. The molecule has 1 aliphatic rings. The molecule has 1 saturated heterocycles. The van der Waals surface area contributed by atoms with Gasteiger partial charge in [0.1, 0.15) is 0 Å². The number of nitrogens with zero attached hydrogens (tertiary/aromatic N) is 2. The molecule has 0 aromatic carbocycles. The summed E-state index contributed by atoms with van der Waals surface area (Å²) < 4.78 is 33.4. The summed E-state index contributed by atoms with van der Waals surface area (Å²) in [4.78, 5) is 2.01. The summed E-state index contributed by atoms with van der Waals surface area (Å²) in [6, 6.07) is 0. The summed E-state index contributed by atoms with van der Waals surface area (Å²) in [6.07, 6.45) is 1.68. The number of hydrogen-bond donors (Lipinski definition) is 2. The first-order valence-electron chi connectivity index (χ1n) is 7.04. The molecular formula is C12H27N3O4S. The van der Waals surface area contributed by atoms with Crippen molar-refractivity contribution in [3.8, 4) is 0 Å². The highest BCUT2D eigenvalue weighted by Gasteiger charge is 2.27. The fourth-order valence-electron chi connectivity index (χ4n) is 2.08. The van der Waals surface area contributed by atoms with Crippen molar-refractivity contribution in [2.45, 2.75) is 12.8 Å². The third kappa shape index (κ3) is 6.47. The van der Waals surface area contributed by atoms with Gasteiger partial charge in [0.25, 0.3) is 10.2 Å². The zero-order valence-electron chi connectivity index (χ0n) is 12.4. The van der Waals surface area contributed by atoms with Gasteiger partial charge in [0.2, 0.25) is 0 Å². The molecule has 0 radical (unpaired) electrons. The summed E-state index contributed by atoms with van der Waals surface area (Å²) in [5.74, 6) is 0.0525. The lowest BCUT2D eigenvalue weighted by Gasteiger charge is -2.30. The van der Waals surface area contributed by atoms with E-state index in [0.29, 0.717) is 26.3 Å². The van der Waals surface area contributed by atoms with E-state index in [1.807, 2.05) is 19.0 Å². The van der Waals surface area contributed by atoms with Gasteiger partial charge >= 0.3 is 0 Å². The highest BCUT2D eigenvalue weighted by atomic mass is 32.2. The molecule has 0 amide bonds. The van der Waals surface area contributed by atoms with E-state index in [-0.39, 0.29) is 19.1 Å². The van der Waals surface area contributed by atoms with Gasteiger partial charge in [-0.15, -0.1) is 0 Å². The molecule has 8 heteroatoms. The molecule has 1 fully saturated rings. The van der Waals surface area contributed by atoms with Gasteiger partial charge in [-0.3, -0.25) is 0 Å². The lowest BCUT2D eigenvalue weighted by atomic mass is 10.0. The number of likely N-dealkylation sites (N-methyl/N-ethyl adjacent to an activating group) is 1. The van der Waals surface area contributed by atoms with Crippen molar-refractivity contribution >= 4 is 10.2 Å². The van der Waals surface area contributed by atoms with E-state index in [2.05, 4.69) is 4.72 Å². The molecule has 120 valence electrons. The van der Waals surface area contributed by atoms with E-state index in [1.54, 1.807) is 0 Å². The monoisotopic (exact) mass is 309 g/mol. The molecule has 0 aromatic rings. The van der Waals surface area contributed by atoms with Crippen LogP contribution in [0, 0.1) is 5.92 Å². The number of piperidine rings is 1. The van der Waals surface area contributed by atoms with Crippen molar-refractivity contribution in [3.05, 3.63) is 0 Å². The van der Waals surface area contributed by atoms with Crippen LogP contribution in [0.15, 0.2) is 0 Å². The van der Waals surface area contributed by atoms with E-state index >= 15 is 0 Å². The number of ether oxygens (including phenoxy) is 1. The Morgan fingerprint density at radius 1 is 1.40 bits per heavy atom. The van der Waals surface area contributed by atoms with Gasteiger partial charge in [0, 0.05) is 32.8 Å². The molecular weight excluding hydrogens is 282 g/mol. The zero-order valence-corrected chi connectivity index (χ0v) is 13.2. The van der Waals surface area contributed by atoms with Crippen molar-refractivity contribution in [3.63, 3.8) is 0 Å². The standard InChI is InChI=1S/C12H27N3O4S/c1-14(2)7-9-19-8-5-13-20(17,18)15-6-3-4-12(10-15)11-16/h12-13,16H,3-11H2,1-2H3. The van der Waals surface area contributed by atoms with E-state index in [0.717, 1.165) is 19.4 Å². The van der Waals surface area contributed by atoms with E-state index < -0.39 is 10.2 Å². The van der Waals surface area contributed by atoms with Crippen molar-refractivity contribution < 1.29 is 18.3 Å². The SMILES string of the molecule is CN(C)CCOCCNS(=O)(=O)N1CCCC(CO)C1. The Kier molecular flexibility index (Phi) is 7.93. The molecule has 1 aliphatic heterocycles. The zero-order chi connectivity index (χ0) is 15.0. The van der Waals surface area contributed by atoms with Crippen LogP contribution in [0.3, 0.4) is 0 Å². The lowest BCUT2D eigenvalue weighted by Crippen LogP contribution is -2.47. The van der Waals surface area contributed by atoms with Gasteiger partial charge in [-0.05, 0) is 32.9 Å². The Hall–Kier alpha value is -0.250. The molecule has 1 unspecified atom stereocenters. The third-order valence-electron chi connectivity index (χ3n) is 3.29. The molecule has 0 spiro atoms. The summed E-state index contributed by atoms with van der Waals surface area (Å²) in [5, 5.41) is 9.13.